The molecule has 0 aromatic carbocycles. The fourth-order valence-electron chi connectivity index (χ4n) is 1.68. The Kier molecular flexibility index (Phi) is 4.50. The largest absolute Gasteiger partial charge is 0.340 e. The zero-order valence-electron chi connectivity index (χ0n) is 10.0. The molecule has 7 heteroatoms. The second-order valence-corrected chi connectivity index (χ2v) is 6.24. The third-order valence-electron chi connectivity index (χ3n) is 2.72. The maximum absolute atomic E-state index is 11.7. The summed E-state index contributed by atoms with van der Waals surface area (Å²) >= 11 is 0. The van der Waals surface area contributed by atoms with Gasteiger partial charge in [-0.1, -0.05) is 13.8 Å². The minimum Gasteiger partial charge on any atom is -0.340 e. The van der Waals surface area contributed by atoms with Gasteiger partial charge in [-0.25, -0.2) is 10.2 Å². The van der Waals surface area contributed by atoms with Gasteiger partial charge in [-0.05, 0) is 0 Å². The Balaban J connectivity index is 2.52. The number of piperazine rings is 1. The van der Waals surface area contributed by atoms with Crippen molar-refractivity contribution in [1.82, 2.24) is 9.57 Å². The third kappa shape index (κ3) is 3.04. The second kappa shape index (κ2) is 5.27. The van der Waals surface area contributed by atoms with Crippen LogP contribution in [0.15, 0.2) is 0 Å². The molecule has 1 fully saturated rings. The van der Waals surface area contributed by atoms with Crippen LogP contribution in [-0.4, -0.2) is 48.8 Å². The summed E-state index contributed by atoms with van der Waals surface area (Å²) in [5, 5.41) is 0. The van der Waals surface area contributed by atoms with E-state index in [4.69, 9.17) is 10.0 Å². The lowest BCUT2D eigenvalue weighted by atomic mass is 10.2. The molecule has 0 radical (unpaired) electrons. The van der Waals surface area contributed by atoms with Gasteiger partial charge in [-0.15, -0.1) is 0 Å². The zero-order valence-corrected chi connectivity index (χ0v) is 10.9. The van der Waals surface area contributed by atoms with E-state index < -0.39 is 7.67 Å². The number of nitrogens with two attached hydrogens (primary N) is 1. The van der Waals surface area contributed by atoms with Gasteiger partial charge in [0.2, 0.25) is 5.91 Å². The lowest BCUT2D eigenvalue weighted by molar-refractivity contribution is -0.135. The molecule has 0 bridgehead atoms. The zero-order chi connectivity index (χ0) is 12.3. The van der Waals surface area contributed by atoms with E-state index in [1.165, 1.54) is 7.11 Å². The summed E-state index contributed by atoms with van der Waals surface area (Å²) in [5.74, 6) is 0.127. The average molecular weight is 249 g/mol. The van der Waals surface area contributed by atoms with E-state index in [0.29, 0.717) is 26.2 Å². The minimum absolute atomic E-state index is 0.00124. The Hall–Kier alpha value is -0.420. The third-order valence-corrected chi connectivity index (χ3v) is 4.43. The van der Waals surface area contributed by atoms with Crippen LogP contribution in [0.5, 0.6) is 0 Å². The molecule has 1 rings (SSSR count). The van der Waals surface area contributed by atoms with Crippen molar-refractivity contribution in [2.75, 3.05) is 33.3 Å². The number of carbonyl (C=O) groups is 1. The monoisotopic (exact) mass is 249 g/mol. The lowest BCUT2D eigenvalue weighted by Crippen LogP contribution is -2.49. The van der Waals surface area contributed by atoms with Crippen LogP contribution in [0.4, 0.5) is 0 Å². The van der Waals surface area contributed by atoms with Gasteiger partial charge in [-0.3, -0.25) is 9.36 Å². The van der Waals surface area contributed by atoms with Crippen LogP contribution >= 0.6 is 7.67 Å². The van der Waals surface area contributed by atoms with Crippen molar-refractivity contribution in [3.63, 3.8) is 0 Å². The molecule has 0 aromatic heterocycles. The molecule has 94 valence electrons. The fraction of sp³-hybridized carbons (Fsp3) is 0.889. The predicted octanol–water partition coefficient (Wildman–Crippen LogP) is 0.500. The van der Waals surface area contributed by atoms with Gasteiger partial charge in [0, 0.05) is 39.2 Å². The molecule has 1 amide bonds. The van der Waals surface area contributed by atoms with Crippen molar-refractivity contribution < 1.29 is 13.9 Å². The van der Waals surface area contributed by atoms with E-state index in [2.05, 4.69) is 0 Å². The Labute approximate surface area is 96.3 Å². The SMILES string of the molecule is COP(N)(=O)N1CCN(C(=O)C(C)C)CC1. The standard InChI is InChI=1S/C9H20N3O3P/c1-8(2)9(13)11-4-6-12(7-5-11)16(10,14)15-3/h8H,4-7H2,1-3H3,(H2,10,14). The summed E-state index contributed by atoms with van der Waals surface area (Å²) in [4.78, 5) is 13.5. The fourth-order valence-corrected chi connectivity index (χ4v) is 2.64. The summed E-state index contributed by atoms with van der Waals surface area (Å²) in [7, 11) is -1.79. The summed E-state index contributed by atoms with van der Waals surface area (Å²) in [6, 6.07) is 0. The van der Waals surface area contributed by atoms with Crippen LogP contribution in [0.25, 0.3) is 0 Å². The summed E-state index contributed by atoms with van der Waals surface area (Å²) in [6.45, 7) is 5.86. The van der Waals surface area contributed by atoms with E-state index in [9.17, 15) is 9.36 Å². The molecule has 0 spiro atoms. The van der Waals surface area contributed by atoms with Gasteiger partial charge in [0.05, 0.1) is 0 Å². The first-order valence-electron chi connectivity index (χ1n) is 5.37. The van der Waals surface area contributed by atoms with E-state index in [1.807, 2.05) is 13.8 Å². The first-order valence-corrected chi connectivity index (χ1v) is 7.01. The van der Waals surface area contributed by atoms with Gasteiger partial charge in [-0.2, -0.15) is 0 Å². The van der Waals surface area contributed by atoms with Crippen molar-refractivity contribution in [1.29, 1.82) is 0 Å². The molecule has 0 saturated carbocycles. The smallest absolute Gasteiger partial charge is 0.340 e. The highest BCUT2D eigenvalue weighted by Crippen LogP contribution is 2.41. The molecule has 0 aromatic rings. The molecule has 0 aliphatic carbocycles. The maximum atomic E-state index is 11.7. The van der Waals surface area contributed by atoms with Crippen molar-refractivity contribution in [3.05, 3.63) is 0 Å². The normalized spacial score (nSPS) is 22.2. The Morgan fingerprint density at radius 1 is 1.31 bits per heavy atom. The maximum Gasteiger partial charge on any atom is 0.340 e. The average Bonchev–Trinajstić information content (AvgIpc) is 2.28. The van der Waals surface area contributed by atoms with Crippen molar-refractivity contribution >= 4 is 13.6 Å². The van der Waals surface area contributed by atoms with Crippen molar-refractivity contribution in [2.24, 2.45) is 11.4 Å². The molecule has 1 aliphatic heterocycles. The highest BCUT2D eigenvalue weighted by molar-refractivity contribution is 7.53. The number of nitrogens with zero attached hydrogens (tertiary/aromatic N) is 2. The summed E-state index contributed by atoms with van der Waals surface area (Å²) < 4.78 is 18.1. The van der Waals surface area contributed by atoms with E-state index in [0.717, 1.165) is 0 Å². The number of amides is 1. The van der Waals surface area contributed by atoms with Gasteiger partial charge in [0.1, 0.15) is 0 Å². The lowest BCUT2D eigenvalue weighted by Gasteiger charge is -2.36. The van der Waals surface area contributed by atoms with Crippen LogP contribution in [-0.2, 0) is 13.9 Å². The molecular formula is C9H20N3O3P. The predicted molar refractivity (Wildman–Crippen MR) is 61.8 cm³/mol. The number of rotatable bonds is 3. The van der Waals surface area contributed by atoms with Crippen LogP contribution < -0.4 is 5.50 Å². The molecule has 16 heavy (non-hydrogen) atoms. The van der Waals surface area contributed by atoms with Gasteiger partial charge < -0.3 is 9.42 Å². The molecule has 1 aliphatic rings. The first kappa shape index (κ1) is 13.6. The van der Waals surface area contributed by atoms with Crippen molar-refractivity contribution in [3.8, 4) is 0 Å². The van der Waals surface area contributed by atoms with Gasteiger partial charge in [0.25, 0.3) is 0 Å². The number of carbonyl (C=O) groups excluding carboxylic acids is 1. The summed E-state index contributed by atoms with van der Waals surface area (Å²) in [6.07, 6.45) is 0. The van der Waals surface area contributed by atoms with Crippen LogP contribution in [0.1, 0.15) is 13.8 Å². The minimum atomic E-state index is -3.13. The Morgan fingerprint density at radius 2 is 1.81 bits per heavy atom. The molecule has 1 atom stereocenters. The molecule has 6 nitrogen and oxygen atoms in total. The van der Waals surface area contributed by atoms with Crippen LogP contribution in [0.3, 0.4) is 0 Å². The molecule has 1 unspecified atom stereocenters. The van der Waals surface area contributed by atoms with Gasteiger partial charge in [0.15, 0.2) is 0 Å². The topological polar surface area (TPSA) is 75.9 Å². The highest BCUT2D eigenvalue weighted by Gasteiger charge is 2.31. The molecular weight excluding hydrogens is 229 g/mol. The van der Waals surface area contributed by atoms with Crippen LogP contribution in [0.2, 0.25) is 0 Å². The van der Waals surface area contributed by atoms with Crippen LogP contribution in [0, 0.1) is 5.92 Å². The molecule has 1 saturated heterocycles. The summed E-state index contributed by atoms with van der Waals surface area (Å²) in [5.41, 5.74) is 5.53. The Morgan fingerprint density at radius 3 is 2.19 bits per heavy atom. The van der Waals surface area contributed by atoms with E-state index in [-0.39, 0.29) is 11.8 Å². The first-order chi connectivity index (χ1) is 7.38. The van der Waals surface area contributed by atoms with E-state index in [1.54, 1.807) is 9.57 Å². The molecule has 2 N–H and O–H groups in total. The highest BCUT2D eigenvalue weighted by atomic mass is 31.2. The Bertz CT molecular complexity index is 300. The van der Waals surface area contributed by atoms with Gasteiger partial charge >= 0.3 is 7.67 Å². The number of hydrogen-bond donors (Lipinski definition) is 1. The number of hydrogen-bond acceptors (Lipinski definition) is 3. The quantitative estimate of drug-likeness (QED) is 0.737. The van der Waals surface area contributed by atoms with Crippen molar-refractivity contribution in [2.45, 2.75) is 13.8 Å². The van der Waals surface area contributed by atoms with E-state index >= 15 is 0 Å². The molecule has 1 heterocycles. The second-order valence-electron chi connectivity index (χ2n) is 4.18.